The lowest BCUT2D eigenvalue weighted by Gasteiger charge is -2.14. The highest BCUT2D eigenvalue weighted by Gasteiger charge is 2.12. The fraction of sp³-hybridized carbons (Fsp3) is 0.182. The van der Waals surface area contributed by atoms with E-state index >= 15 is 0 Å². The van der Waals surface area contributed by atoms with Crippen LogP contribution in [0, 0.1) is 0 Å². The largest absolute Gasteiger partial charge is 0.417 e. The maximum absolute atomic E-state index is 11.1. The topological polar surface area (TPSA) is 126 Å². The van der Waals surface area contributed by atoms with Gasteiger partial charge in [0, 0.05) is 6.07 Å². The van der Waals surface area contributed by atoms with Crippen molar-refractivity contribution < 1.29 is 4.42 Å². The van der Waals surface area contributed by atoms with Crippen LogP contribution in [0.5, 0.6) is 0 Å². The highest BCUT2D eigenvalue weighted by molar-refractivity contribution is 5.85. The average molecular weight is 260 g/mol. The van der Waals surface area contributed by atoms with Gasteiger partial charge in [-0.05, 0) is 13.0 Å². The molecule has 1 atom stereocenters. The number of hydrogen-bond donors (Lipinski definition) is 4. The van der Waals surface area contributed by atoms with Crippen molar-refractivity contribution in [3.8, 4) is 0 Å². The molecule has 0 aliphatic carbocycles. The van der Waals surface area contributed by atoms with Crippen molar-refractivity contribution in [2.45, 2.75) is 13.0 Å². The molecule has 0 amide bonds. The molecule has 3 rings (SSSR count). The van der Waals surface area contributed by atoms with Gasteiger partial charge in [-0.15, -0.1) is 0 Å². The molecule has 0 bridgehead atoms. The first kappa shape index (κ1) is 11.3. The summed E-state index contributed by atoms with van der Waals surface area (Å²) in [5.74, 6) is 0.190. The summed E-state index contributed by atoms with van der Waals surface area (Å²) in [6.45, 7) is 1.92. The Kier molecular flexibility index (Phi) is 2.48. The Hall–Kier alpha value is -2.77. The van der Waals surface area contributed by atoms with Gasteiger partial charge in [0.05, 0.1) is 22.9 Å². The second-order valence-corrected chi connectivity index (χ2v) is 4.19. The van der Waals surface area contributed by atoms with Crippen LogP contribution in [0.3, 0.4) is 0 Å². The average Bonchev–Trinajstić information content (AvgIpc) is 2.97. The van der Waals surface area contributed by atoms with E-state index in [-0.39, 0.29) is 6.04 Å². The molecule has 0 radical (unpaired) electrons. The van der Waals surface area contributed by atoms with Gasteiger partial charge in [-0.3, -0.25) is 10.1 Å². The number of aromatic nitrogens is 4. The zero-order valence-corrected chi connectivity index (χ0v) is 10.1. The normalized spacial score (nSPS) is 12.7. The van der Waals surface area contributed by atoms with Crippen LogP contribution in [0.25, 0.3) is 11.1 Å². The molecular weight excluding hydrogens is 248 g/mol. The van der Waals surface area contributed by atoms with Gasteiger partial charge in [0.1, 0.15) is 12.2 Å². The first-order chi connectivity index (χ1) is 9.13. The molecule has 0 aliphatic heterocycles. The number of benzene rings is 1. The number of aromatic amines is 2. The summed E-state index contributed by atoms with van der Waals surface area (Å²) in [5.41, 5.74) is 8.11. The van der Waals surface area contributed by atoms with Crippen LogP contribution in [0.2, 0.25) is 0 Å². The van der Waals surface area contributed by atoms with E-state index in [4.69, 9.17) is 10.2 Å². The molecule has 0 spiro atoms. The number of oxazole rings is 1. The molecule has 2 heterocycles. The number of rotatable bonds is 3. The van der Waals surface area contributed by atoms with Crippen LogP contribution in [-0.4, -0.2) is 20.2 Å². The zero-order valence-electron chi connectivity index (χ0n) is 10.1. The number of hydrogen-bond acceptors (Lipinski definition) is 6. The summed E-state index contributed by atoms with van der Waals surface area (Å²) < 4.78 is 4.93. The number of nitrogen functional groups attached to an aromatic ring is 1. The van der Waals surface area contributed by atoms with Gasteiger partial charge in [-0.1, -0.05) is 0 Å². The van der Waals surface area contributed by atoms with Crippen LogP contribution in [0.4, 0.5) is 11.4 Å². The Bertz CT molecular complexity index is 757. The number of anilines is 2. The Morgan fingerprint density at radius 2 is 2.32 bits per heavy atom. The number of H-pyrrole nitrogens is 2. The number of nitrogens with zero attached hydrogens (tertiary/aromatic N) is 2. The van der Waals surface area contributed by atoms with Gasteiger partial charge in [-0.25, -0.2) is 9.78 Å². The predicted molar refractivity (Wildman–Crippen MR) is 69.7 cm³/mol. The summed E-state index contributed by atoms with van der Waals surface area (Å²) in [4.78, 5) is 17.8. The summed E-state index contributed by atoms with van der Waals surface area (Å²) in [7, 11) is 0. The van der Waals surface area contributed by atoms with Gasteiger partial charge < -0.3 is 15.5 Å². The quantitative estimate of drug-likeness (QED) is 0.520. The molecule has 98 valence electrons. The minimum atomic E-state index is -0.505. The first-order valence-corrected chi connectivity index (χ1v) is 5.67. The molecule has 0 fully saturated rings. The van der Waals surface area contributed by atoms with E-state index in [2.05, 4.69) is 25.5 Å². The van der Waals surface area contributed by atoms with Crippen LogP contribution < -0.4 is 16.8 Å². The SMILES string of the molecule is CC(Nc1cc2[nH]c(=O)oc2cc1N)c1ncn[nH]1. The van der Waals surface area contributed by atoms with Crippen LogP contribution >= 0.6 is 0 Å². The zero-order chi connectivity index (χ0) is 13.4. The van der Waals surface area contributed by atoms with E-state index in [9.17, 15) is 4.79 Å². The van der Waals surface area contributed by atoms with E-state index in [1.165, 1.54) is 6.33 Å². The third-order valence-electron chi connectivity index (χ3n) is 2.81. The van der Waals surface area contributed by atoms with E-state index < -0.39 is 5.76 Å². The Labute approximate surface area is 107 Å². The third kappa shape index (κ3) is 2.03. The summed E-state index contributed by atoms with van der Waals surface area (Å²) in [6, 6.07) is 3.23. The summed E-state index contributed by atoms with van der Waals surface area (Å²) in [5, 5.41) is 9.76. The van der Waals surface area contributed by atoms with Gasteiger partial charge in [0.2, 0.25) is 0 Å². The molecule has 2 aromatic heterocycles. The second-order valence-electron chi connectivity index (χ2n) is 4.19. The number of nitrogens with one attached hydrogen (secondary N) is 3. The van der Waals surface area contributed by atoms with Gasteiger partial charge in [-0.2, -0.15) is 5.10 Å². The highest BCUT2D eigenvalue weighted by atomic mass is 16.4. The van der Waals surface area contributed by atoms with Crippen molar-refractivity contribution in [3.63, 3.8) is 0 Å². The summed E-state index contributed by atoms with van der Waals surface area (Å²) in [6.07, 6.45) is 1.44. The Morgan fingerprint density at radius 3 is 3.05 bits per heavy atom. The molecular formula is C11H12N6O2. The van der Waals surface area contributed by atoms with E-state index in [0.717, 1.165) is 0 Å². The van der Waals surface area contributed by atoms with Gasteiger partial charge >= 0.3 is 5.76 Å². The molecule has 8 nitrogen and oxygen atoms in total. The van der Waals surface area contributed by atoms with Crippen molar-refractivity contribution >= 4 is 22.5 Å². The predicted octanol–water partition coefficient (Wildman–Crippen LogP) is 0.994. The molecule has 3 aromatic rings. The van der Waals surface area contributed by atoms with Gasteiger partial charge in [0.15, 0.2) is 5.58 Å². The lowest BCUT2D eigenvalue weighted by atomic mass is 10.2. The lowest BCUT2D eigenvalue weighted by molar-refractivity contribution is 0.555. The fourth-order valence-electron chi connectivity index (χ4n) is 1.86. The monoisotopic (exact) mass is 260 g/mol. The molecule has 0 aliphatic rings. The minimum Gasteiger partial charge on any atom is -0.408 e. The molecule has 1 aromatic carbocycles. The summed E-state index contributed by atoms with van der Waals surface area (Å²) >= 11 is 0. The maximum atomic E-state index is 11.1. The highest BCUT2D eigenvalue weighted by Crippen LogP contribution is 2.27. The van der Waals surface area contributed by atoms with E-state index in [1.807, 2.05) is 6.92 Å². The molecule has 19 heavy (non-hydrogen) atoms. The molecule has 0 saturated heterocycles. The Morgan fingerprint density at radius 1 is 1.47 bits per heavy atom. The van der Waals surface area contributed by atoms with Crippen LogP contribution in [0.15, 0.2) is 27.7 Å². The standard InChI is InChI=1S/C11H12N6O2/c1-5(10-13-4-14-17-10)15-7-3-8-9(2-6(7)12)19-11(18)16-8/h2-5,15H,12H2,1H3,(H,16,18)(H,13,14,17). The minimum absolute atomic E-state index is 0.0964. The van der Waals surface area contributed by atoms with Crippen molar-refractivity contribution in [1.29, 1.82) is 0 Å². The van der Waals surface area contributed by atoms with E-state index in [1.54, 1.807) is 12.1 Å². The van der Waals surface area contributed by atoms with Crippen LogP contribution in [-0.2, 0) is 0 Å². The van der Waals surface area contributed by atoms with Gasteiger partial charge in [0.25, 0.3) is 0 Å². The molecule has 1 unspecified atom stereocenters. The maximum Gasteiger partial charge on any atom is 0.417 e. The molecule has 5 N–H and O–H groups in total. The van der Waals surface area contributed by atoms with E-state index in [0.29, 0.717) is 28.3 Å². The van der Waals surface area contributed by atoms with Crippen molar-refractivity contribution in [3.05, 3.63) is 34.8 Å². The molecule has 8 heteroatoms. The lowest BCUT2D eigenvalue weighted by Crippen LogP contribution is -2.10. The smallest absolute Gasteiger partial charge is 0.408 e. The second kappa shape index (κ2) is 4.16. The Balaban J connectivity index is 1.96. The first-order valence-electron chi connectivity index (χ1n) is 5.67. The number of nitrogens with two attached hydrogens (primary N) is 1. The fourth-order valence-corrected chi connectivity index (χ4v) is 1.86. The molecule has 0 saturated carbocycles. The third-order valence-corrected chi connectivity index (χ3v) is 2.81. The van der Waals surface area contributed by atoms with Crippen molar-refractivity contribution in [1.82, 2.24) is 20.2 Å². The van der Waals surface area contributed by atoms with Crippen LogP contribution in [0.1, 0.15) is 18.8 Å². The van der Waals surface area contributed by atoms with Crippen molar-refractivity contribution in [2.75, 3.05) is 11.1 Å². The number of fused-ring (bicyclic) bond motifs is 1. The van der Waals surface area contributed by atoms with Crippen molar-refractivity contribution in [2.24, 2.45) is 0 Å².